The highest BCUT2D eigenvalue weighted by Gasteiger charge is 2.36. The van der Waals surface area contributed by atoms with Crippen LogP contribution < -0.4 is 0 Å². The van der Waals surface area contributed by atoms with Crippen LogP contribution in [0.4, 0.5) is 8.78 Å². The molecule has 0 heterocycles. The molecular weight excluding hydrogens is 217 g/mol. The zero-order valence-electron chi connectivity index (χ0n) is 6.68. The minimum absolute atomic E-state index is 0.236. The van der Waals surface area contributed by atoms with E-state index in [2.05, 4.69) is 0 Å². The maximum absolute atomic E-state index is 13.2. The van der Waals surface area contributed by atoms with Crippen LogP contribution in [0.25, 0.3) is 0 Å². The smallest absolute Gasteiger partial charge is 0.225 e. The standard InChI is InChI=1S/C9H8Cl2F2/c10-8(12)9(11,13)6-7-4-2-1-3-5-7/h1-5,8H,6H2. The van der Waals surface area contributed by atoms with Crippen LogP contribution in [-0.2, 0) is 6.42 Å². The minimum Gasteiger partial charge on any atom is -0.225 e. The van der Waals surface area contributed by atoms with Crippen LogP contribution >= 0.6 is 23.2 Å². The molecule has 72 valence electrons. The van der Waals surface area contributed by atoms with Gasteiger partial charge in [0, 0.05) is 6.42 Å². The first kappa shape index (κ1) is 10.7. The van der Waals surface area contributed by atoms with E-state index in [-0.39, 0.29) is 6.42 Å². The van der Waals surface area contributed by atoms with E-state index in [1.807, 2.05) is 0 Å². The van der Waals surface area contributed by atoms with Gasteiger partial charge in [-0.25, -0.2) is 8.78 Å². The van der Waals surface area contributed by atoms with Crippen molar-refractivity contribution in [2.45, 2.75) is 17.2 Å². The molecule has 0 amide bonds. The van der Waals surface area contributed by atoms with Crippen LogP contribution in [0.2, 0.25) is 0 Å². The first-order chi connectivity index (χ1) is 6.02. The molecule has 0 fully saturated rings. The van der Waals surface area contributed by atoms with Crippen molar-refractivity contribution in [3.8, 4) is 0 Å². The zero-order valence-corrected chi connectivity index (χ0v) is 8.19. The minimum atomic E-state index is -2.52. The SMILES string of the molecule is FC(Cl)C(F)(Cl)Cc1ccccc1. The highest BCUT2D eigenvalue weighted by atomic mass is 35.5. The van der Waals surface area contributed by atoms with Crippen molar-refractivity contribution in [1.82, 2.24) is 0 Å². The van der Waals surface area contributed by atoms with E-state index < -0.39 is 10.8 Å². The highest BCUT2D eigenvalue weighted by molar-refractivity contribution is 6.31. The molecule has 0 saturated carbocycles. The van der Waals surface area contributed by atoms with Crippen molar-refractivity contribution in [2.75, 3.05) is 0 Å². The molecule has 0 aliphatic carbocycles. The summed E-state index contributed by atoms with van der Waals surface area (Å²) in [5, 5.41) is -2.52. The Labute approximate surface area is 85.5 Å². The molecule has 2 atom stereocenters. The quantitative estimate of drug-likeness (QED) is 0.688. The average molecular weight is 225 g/mol. The fourth-order valence-corrected chi connectivity index (χ4v) is 1.18. The largest absolute Gasteiger partial charge is 0.232 e. The van der Waals surface area contributed by atoms with Gasteiger partial charge < -0.3 is 0 Å². The summed E-state index contributed by atoms with van der Waals surface area (Å²) in [6, 6.07) is 8.56. The Balaban J connectivity index is 2.69. The van der Waals surface area contributed by atoms with Crippen LogP contribution in [-0.4, -0.2) is 10.8 Å². The van der Waals surface area contributed by atoms with Gasteiger partial charge in [0.05, 0.1) is 0 Å². The Kier molecular flexibility index (Phi) is 3.51. The molecule has 1 rings (SSSR count). The molecule has 0 bridgehead atoms. The number of alkyl halides is 4. The molecular formula is C9H8Cl2F2. The second-order valence-electron chi connectivity index (χ2n) is 2.72. The number of benzene rings is 1. The maximum Gasteiger partial charge on any atom is 0.232 e. The van der Waals surface area contributed by atoms with Crippen LogP contribution in [0.3, 0.4) is 0 Å². The molecule has 0 aromatic heterocycles. The predicted molar refractivity (Wildman–Crippen MR) is 50.6 cm³/mol. The van der Waals surface area contributed by atoms with Gasteiger partial charge in [-0.3, -0.25) is 0 Å². The third-order valence-corrected chi connectivity index (χ3v) is 2.38. The fourth-order valence-electron chi connectivity index (χ4n) is 0.945. The Morgan fingerprint density at radius 2 is 1.85 bits per heavy atom. The van der Waals surface area contributed by atoms with Crippen LogP contribution in [0, 0.1) is 0 Å². The van der Waals surface area contributed by atoms with E-state index in [4.69, 9.17) is 23.2 Å². The van der Waals surface area contributed by atoms with Gasteiger partial charge in [-0.05, 0) is 5.56 Å². The molecule has 0 N–H and O–H groups in total. The second-order valence-corrected chi connectivity index (χ2v) is 3.74. The monoisotopic (exact) mass is 224 g/mol. The molecule has 1 aromatic rings. The zero-order chi connectivity index (χ0) is 9.90. The number of hydrogen-bond acceptors (Lipinski definition) is 0. The third-order valence-electron chi connectivity index (χ3n) is 1.60. The van der Waals surface area contributed by atoms with Crippen LogP contribution in [0.15, 0.2) is 30.3 Å². The van der Waals surface area contributed by atoms with E-state index in [0.29, 0.717) is 5.56 Å². The van der Waals surface area contributed by atoms with Crippen LogP contribution in [0.1, 0.15) is 5.56 Å². The van der Waals surface area contributed by atoms with Crippen molar-refractivity contribution in [2.24, 2.45) is 0 Å². The van der Waals surface area contributed by atoms with E-state index >= 15 is 0 Å². The van der Waals surface area contributed by atoms with E-state index in [1.165, 1.54) is 0 Å². The Morgan fingerprint density at radius 1 is 1.31 bits per heavy atom. The van der Waals surface area contributed by atoms with Gasteiger partial charge in [0.1, 0.15) is 0 Å². The summed E-state index contributed by atoms with van der Waals surface area (Å²) in [5.41, 5.74) is -1.59. The molecule has 1 aromatic carbocycles. The van der Waals surface area contributed by atoms with Gasteiger partial charge in [0.2, 0.25) is 10.8 Å². The van der Waals surface area contributed by atoms with Crippen molar-refractivity contribution in [1.29, 1.82) is 0 Å². The average Bonchev–Trinajstić information content (AvgIpc) is 2.05. The molecule has 2 unspecified atom stereocenters. The van der Waals surface area contributed by atoms with Gasteiger partial charge in [-0.15, -0.1) is 0 Å². The normalized spacial score (nSPS) is 17.8. The highest BCUT2D eigenvalue weighted by Crippen LogP contribution is 2.31. The van der Waals surface area contributed by atoms with Crippen LogP contribution in [0.5, 0.6) is 0 Å². The van der Waals surface area contributed by atoms with Crippen molar-refractivity contribution < 1.29 is 8.78 Å². The molecule has 4 heteroatoms. The Morgan fingerprint density at radius 3 is 2.31 bits per heavy atom. The van der Waals surface area contributed by atoms with Crippen molar-refractivity contribution >= 4 is 23.2 Å². The van der Waals surface area contributed by atoms with Gasteiger partial charge >= 0.3 is 0 Å². The first-order valence-electron chi connectivity index (χ1n) is 3.72. The second kappa shape index (κ2) is 4.25. The fraction of sp³-hybridized carbons (Fsp3) is 0.333. The van der Waals surface area contributed by atoms with Gasteiger partial charge in [-0.1, -0.05) is 53.5 Å². The molecule has 0 aliphatic rings. The molecule has 0 spiro atoms. The molecule has 0 aliphatic heterocycles. The summed E-state index contributed by atoms with van der Waals surface area (Å²) >= 11 is 10.2. The first-order valence-corrected chi connectivity index (χ1v) is 4.54. The molecule has 13 heavy (non-hydrogen) atoms. The van der Waals surface area contributed by atoms with Gasteiger partial charge in [-0.2, -0.15) is 0 Å². The van der Waals surface area contributed by atoms with Crippen molar-refractivity contribution in [3.63, 3.8) is 0 Å². The Bertz CT molecular complexity index is 260. The molecule has 0 radical (unpaired) electrons. The maximum atomic E-state index is 13.2. The lowest BCUT2D eigenvalue weighted by molar-refractivity contribution is 0.185. The molecule has 0 saturated heterocycles. The van der Waals surface area contributed by atoms with Gasteiger partial charge in [0.15, 0.2) is 0 Å². The topological polar surface area (TPSA) is 0 Å². The summed E-state index contributed by atoms with van der Waals surface area (Å²) in [4.78, 5) is 0. The summed E-state index contributed by atoms with van der Waals surface area (Å²) < 4.78 is 25.6. The number of halogens is 4. The lowest BCUT2D eigenvalue weighted by Gasteiger charge is -2.17. The van der Waals surface area contributed by atoms with E-state index in [1.54, 1.807) is 30.3 Å². The lowest BCUT2D eigenvalue weighted by atomic mass is 10.1. The van der Waals surface area contributed by atoms with E-state index in [0.717, 1.165) is 0 Å². The summed E-state index contributed by atoms with van der Waals surface area (Å²) in [6.45, 7) is 0. The van der Waals surface area contributed by atoms with E-state index in [9.17, 15) is 8.78 Å². The third kappa shape index (κ3) is 3.12. The lowest BCUT2D eigenvalue weighted by Crippen LogP contribution is -2.26. The van der Waals surface area contributed by atoms with Gasteiger partial charge in [0.25, 0.3) is 0 Å². The Hall–Kier alpha value is -0.340. The summed E-state index contributed by atoms with van der Waals surface area (Å²) in [6.07, 6.45) is -0.236. The summed E-state index contributed by atoms with van der Waals surface area (Å²) in [7, 11) is 0. The predicted octanol–water partition coefficient (Wildman–Crippen LogP) is 3.67. The molecule has 0 nitrogen and oxygen atoms in total. The number of hydrogen-bond donors (Lipinski definition) is 0. The summed E-state index contributed by atoms with van der Waals surface area (Å²) in [5.74, 6) is 0. The van der Waals surface area contributed by atoms with Crippen molar-refractivity contribution in [3.05, 3.63) is 35.9 Å². The number of rotatable bonds is 3.